The van der Waals surface area contributed by atoms with E-state index in [1.165, 1.54) is 11.1 Å². The predicted molar refractivity (Wildman–Crippen MR) is 75.7 cm³/mol. The summed E-state index contributed by atoms with van der Waals surface area (Å²) in [6.45, 7) is 8.05. The smallest absolute Gasteiger partial charge is 0.158 e. The predicted octanol–water partition coefficient (Wildman–Crippen LogP) is 3.75. The summed E-state index contributed by atoms with van der Waals surface area (Å²) in [4.78, 5) is 12.5. The second-order valence-corrected chi connectivity index (χ2v) is 6.50. The number of hydrogen-bond acceptors (Lipinski definition) is 2. The molecule has 0 N–H and O–H groups in total. The third-order valence-electron chi connectivity index (χ3n) is 4.52. The minimum atomic E-state index is -0.814. The summed E-state index contributed by atoms with van der Waals surface area (Å²) < 4.78 is 0. The van der Waals surface area contributed by atoms with E-state index in [1.54, 1.807) is 0 Å². The highest BCUT2D eigenvalue weighted by Gasteiger charge is 2.52. The van der Waals surface area contributed by atoms with Crippen LogP contribution in [-0.4, -0.2) is 5.78 Å². The Morgan fingerprint density at radius 2 is 1.89 bits per heavy atom. The van der Waals surface area contributed by atoms with Crippen LogP contribution >= 0.6 is 0 Å². The maximum Gasteiger partial charge on any atom is 0.158 e. The van der Waals surface area contributed by atoms with Crippen LogP contribution in [0.4, 0.5) is 0 Å². The van der Waals surface area contributed by atoms with Crippen LogP contribution in [0.5, 0.6) is 0 Å². The lowest BCUT2D eigenvalue weighted by Crippen LogP contribution is -2.33. The van der Waals surface area contributed by atoms with Crippen LogP contribution in [0.15, 0.2) is 18.2 Å². The molecule has 0 spiro atoms. The van der Waals surface area contributed by atoms with Gasteiger partial charge in [0.15, 0.2) is 5.78 Å². The minimum absolute atomic E-state index is 0.112. The van der Waals surface area contributed by atoms with Crippen molar-refractivity contribution in [1.82, 2.24) is 0 Å². The zero-order valence-electron chi connectivity index (χ0n) is 12.2. The molecule has 1 unspecified atom stereocenters. The first-order chi connectivity index (χ1) is 8.81. The van der Waals surface area contributed by atoms with Crippen molar-refractivity contribution in [1.29, 1.82) is 5.26 Å². The van der Waals surface area contributed by atoms with Gasteiger partial charge >= 0.3 is 0 Å². The van der Waals surface area contributed by atoms with Crippen molar-refractivity contribution in [2.75, 3.05) is 0 Å². The average molecular weight is 255 g/mol. The lowest BCUT2D eigenvalue weighted by atomic mass is 9.76. The van der Waals surface area contributed by atoms with Crippen molar-refractivity contribution in [2.24, 2.45) is 10.8 Å². The van der Waals surface area contributed by atoms with Gasteiger partial charge in [-0.2, -0.15) is 5.26 Å². The normalized spacial score (nSPS) is 25.3. The molecular formula is C17H21NO. The Balaban J connectivity index is 2.33. The number of benzene rings is 1. The molecule has 1 fully saturated rings. The SMILES string of the molecule is Cc1ccc(CC2(C#N)CCC(C)(C)C2=O)cc1C. The highest BCUT2D eigenvalue weighted by molar-refractivity contribution is 5.94. The molecule has 0 amide bonds. The number of carbonyl (C=O) groups excluding carboxylic acids is 1. The summed E-state index contributed by atoms with van der Waals surface area (Å²) in [5.41, 5.74) is 2.39. The van der Waals surface area contributed by atoms with Crippen LogP contribution < -0.4 is 0 Å². The van der Waals surface area contributed by atoms with Gasteiger partial charge in [-0.25, -0.2) is 0 Å². The van der Waals surface area contributed by atoms with Crippen LogP contribution in [0.2, 0.25) is 0 Å². The van der Waals surface area contributed by atoms with E-state index in [0.29, 0.717) is 12.8 Å². The van der Waals surface area contributed by atoms with E-state index in [2.05, 4.69) is 32.0 Å². The number of Topliss-reactive ketones (excluding diaryl/α,β-unsaturated/α-hetero) is 1. The van der Waals surface area contributed by atoms with E-state index in [9.17, 15) is 10.1 Å². The number of nitriles is 1. The highest BCUT2D eigenvalue weighted by Crippen LogP contribution is 2.47. The fourth-order valence-corrected chi connectivity index (χ4v) is 2.98. The maximum absolute atomic E-state index is 12.5. The van der Waals surface area contributed by atoms with E-state index >= 15 is 0 Å². The van der Waals surface area contributed by atoms with Crippen LogP contribution in [0.25, 0.3) is 0 Å². The second kappa shape index (κ2) is 4.49. The highest BCUT2D eigenvalue weighted by atomic mass is 16.1. The molecule has 1 atom stereocenters. The van der Waals surface area contributed by atoms with E-state index < -0.39 is 5.41 Å². The van der Waals surface area contributed by atoms with Crippen LogP contribution in [-0.2, 0) is 11.2 Å². The van der Waals surface area contributed by atoms with Crippen molar-refractivity contribution in [3.63, 3.8) is 0 Å². The Morgan fingerprint density at radius 1 is 1.21 bits per heavy atom. The molecule has 2 nitrogen and oxygen atoms in total. The molecule has 1 aliphatic carbocycles. The summed E-state index contributed by atoms with van der Waals surface area (Å²) in [6.07, 6.45) is 2.04. The molecular weight excluding hydrogens is 234 g/mol. The quantitative estimate of drug-likeness (QED) is 0.807. The first-order valence-corrected chi connectivity index (χ1v) is 6.83. The van der Waals surface area contributed by atoms with Crippen LogP contribution in [0.3, 0.4) is 0 Å². The fourth-order valence-electron chi connectivity index (χ4n) is 2.98. The maximum atomic E-state index is 12.5. The molecule has 0 heterocycles. The molecule has 100 valence electrons. The number of nitrogens with zero attached hydrogens (tertiary/aromatic N) is 1. The zero-order valence-corrected chi connectivity index (χ0v) is 12.2. The van der Waals surface area contributed by atoms with Gasteiger partial charge in [0, 0.05) is 5.41 Å². The Kier molecular flexibility index (Phi) is 3.26. The van der Waals surface area contributed by atoms with Gasteiger partial charge in [-0.1, -0.05) is 32.0 Å². The molecule has 1 aliphatic rings. The van der Waals surface area contributed by atoms with Crippen molar-refractivity contribution >= 4 is 5.78 Å². The van der Waals surface area contributed by atoms with Gasteiger partial charge in [-0.3, -0.25) is 4.79 Å². The number of rotatable bonds is 2. The zero-order chi connectivity index (χ0) is 14.3. The lowest BCUT2D eigenvalue weighted by Gasteiger charge is -2.22. The van der Waals surface area contributed by atoms with Crippen molar-refractivity contribution in [3.8, 4) is 6.07 Å². The Bertz CT molecular complexity index is 565. The largest absolute Gasteiger partial charge is 0.297 e. The number of hydrogen-bond donors (Lipinski definition) is 0. The lowest BCUT2D eigenvalue weighted by molar-refractivity contribution is -0.130. The van der Waals surface area contributed by atoms with E-state index in [0.717, 1.165) is 12.0 Å². The van der Waals surface area contributed by atoms with E-state index in [1.807, 2.05) is 19.9 Å². The van der Waals surface area contributed by atoms with Gasteiger partial charge in [0.05, 0.1) is 6.07 Å². The molecule has 0 saturated heterocycles. The summed E-state index contributed by atoms with van der Waals surface area (Å²) >= 11 is 0. The summed E-state index contributed by atoms with van der Waals surface area (Å²) in [5, 5.41) is 9.53. The number of aryl methyl sites for hydroxylation is 2. The third kappa shape index (κ3) is 2.30. The first-order valence-electron chi connectivity index (χ1n) is 6.83. The van der Waals surface area contributed by atoms with Crippen LogP contribution in [0.1, 0.15) is 43.4 Å². The minimum Gasteiger partial charge on any atom is -0.297 e. The summed E-state index contributed by atoms with van der Waals surface area (Å²) in [7, 11) is 0. The second-order valence-electron chi connectivity index (χ2n) is 6.50. The number of carbonyl (C=O) groups is 1. The fraction of sp³-hybridized carbons (Fsp3) is 0.529. The Morgan fingerprint density at radius 3 is 2.37 bits per heavy atom. The molecule has 0 aliphatic heterocycles. The van der Waals surface area contributed by atoms with Gasteiger partial charge in [-0.15, -0.1) is 0 Å². The molecule has 0 aromatic heterocycles. The van der Waals surface area contributed by atoms with E-state index in [4.69, 9.17) is 0 Å². The molecule has 0 radical (unpaired) electrons. The molecule has 2 heteroatoms. The molecule has 19 heavy (non-hydrogen) atoms. The van der Waals surface area contributed by atoms with Crippen molar-refractivity contribution in [3.05, 3.63) is 34.9 Å². The Hall–Kier alpha value is -1.62. The van der Waals surface area contributed by atoms with Crippen LogP contribution in [0, 0.1) is 36.0 Å². The Labute approximate surface area is 115 Å². The monoisotopic (exact) mass is 255 g/mol. The van der Waals surface area contributed by atoms with Gasteiger partial charge in [0.25, 0.3) is 0 Å². The standard InChI is InChI=1S/C17H21NO/c1-12-5-6-14(9-13(12)2)10-17(11-18)8-7-16(3,4)15(17)19/h5-6,9H,7-8,10H2,1-4H3. The molecule has 1 saturated carbocycles. The summed E-state index contributed by atoms with van der Waals surface area (Å²) in [5.74, 6) is 0.112. The third-order valence-corrected chi connectivity index (χ3v) is 4.52. The molecule has 1 aromatic rings. The molecule has 0 bridgehead atoms. The van der Waals surface area contributed by atoms with Gasteiger partial charge in [0.1, 0.15) is 5.41 Å². The molecule has 2 rings (SSSR count). The average Bonchev–Trinajstić information content (AvgIpc) is 2.59. The topological polar surface area (TPSA) is 40.9 Å². The van der Waals surface area contributed by atoms with E-state index in [-0.39, 0.29) is 11.2 Å². The van der Waals surface area contributed by atoms with Crippen molar-refractivity contribution < 1.29 is 4.79 Å². The van der Waals surface area contributed by atoms with Crippen molar-refractivity contribution in [2.45, 2.75) is 47.0 Å². The molecule has 1 aromatic carbocycles. The van der Waals surface area contributed by atoms with Gasteiger partial charge in [-0.05, 0) is 49.8 Å². The summed E-state index contributed by atoms with van der Waals surface area (Å²) in [6, 6.07) is 8.53. The van der Waals surface area contributed by atoms with Gasteiger partial charge in [0.2, 0.25) is 0 Å². The van der Waals surface area contributed by atoms with Gasteiger partial charge < -0.3 is 0 Å². The number of ketones is 1. The first kappa shape index (κ1) is 13.8.